The van der Waals surface area contributed by atoms with Gasteiger partial charge in [-0.25, -0.2) is 4.98 Å². The molecule has 1 aliphatic heterocycles. The molecule has 5 heteroatoms. The number of benzene rings is 1. The molecular formula is C15H13N3O2. The van der Waals surface area contributed by atoms with Gasteiger partial charge in [0.1, 0.15) is 24.7 Å². The van der Waals surface area contributed by atoms with E-state index in [2.05, 4.69) is 10.3 Å². The fraction of sp³-hybridized carbons (Fsp3) is 0.133. The van der Waals surface area contributed by atoms with E-state index in [1.807, 2.05) is 53.2 Å². The first-order chi connectivity index (χ1) is 9.90. The van der Waals surface area contributed by atoms with E-state index in [1.54, 1.807) is 0 Å². The lowest BCUT2D eigenvalue weighted by atomic mass is 10.2. The van der Waals surface area contributed by atoms with Crippen molar-refractivity contribution in [1.29, 1.82) is 0 Å². The van der Waals surface area contributed by atoms with Crippen LogP contribution in [0.2, 0.25) is 0 Å². The zero-order valence-corrected chi connectivity index (χ0v) is 10.7. The second-order valence-electron chi connectivity index (χ2n) is 4.56. The van der Waals surface area contributed by atoms with E-state index in [1.165, 1.54) is 0 Å². The van der Waals surface area contributed by atoms with Crippen molar-refractivity contribution in [3.05, 3.63) is 48.8 Å². The van der Waals surface area contributed by atoms with Crippen LogP contribution < -0.4 is 14.8 Å². The number of hydrogen-bond donors (Lipinski definition) is 1. The van der Waals surface area contributed by atoms with Crippen LogP contribution in [-0.4, -0.2) is 22.6 Å². The highest BCUT2D eigenvalue weighted by atomic mass is 16.6. The first-order valence-electron chi connectivity index (χ1n) is 6.49. The molecule has 3 heterocycles. The van der Waals surface area contributed by atoms with Crippen LogP contribution in [-0.2, 0) is 0 Å². The van der Waals surface area contributed by atoms with Crippen molar-refractivity contribution >= 4 is 17.2 Å². The summed E-state index contributed by atoms with van der Waals surface area (Å²) in [5.41, 5.74) is 1.85. The molecule has 1 N–H and O–H groups in total. The van der Waals surface area contributed by atoms with Crippen molar-refractivity contribution in [1.82, 2.24) is 9.38 Å². The average molecular weight is 267 g/mol. The van der Waals surface area contributed by atoms with E-state index < -0.39 is 0 Å². The van der Waals surface area contributed by atoms with E-state index in [-0.39, 0.29) is 0 Å². The van der Waals surface area contributed by atoms with Gasteiger partial charge in [0.25, 0.3) is 0 Å². The molecule has 1 aromatic carbocycles. The van der Waals surface area contributed by atoms with Gasteiger partial charge in [-0.15, -0.1) is 0 Å². The van der Waals surface area contributed by atoms with E-state index in [4.69, 9.17) is 9.47 Å². The number of imidazole rings is 1. The maximum atomic E-state index is 5.58. The summed E-state index contributed by atoms with van der Waals surface area (Å²) in [6, 6.07) is 11.7. The zero-order chi connectivity index (χ0) is 13.4. The second-order valence-corrected chi connectivity index (χ2v) is 4.56. The van der Waals surface area contributed by atoms with Gasteiger partial charge in [0.2, 0.25) is 0 Å². The van der Waals surface area contributed by atoms with Crippen LogP contribution in [0.3, 0.4) is 0 Å². The average Bonchev–Trinajstić information content (AvgIpc) is 2.91. The Hall–Kier alpha value is -2.69. The number of rotatable bonds is 2. The van der Waals surface area contributed by atoms with Gasteiger partial charge in [-0.05, 0) is 24.3 Å². The number of nitrogens with zero attached hydrogens (tertiary/aromatic N) is 2. The summed E-state index contributed by atoms with van der Waals surface area (Å²) in [5.74, 6) is 2.48. The molecule has 1 aliphatic rings. The normalized spacial score (nSPS) is 13.4. The van der Waals surface area contributed by atoms with Gasteiger partial charge in [-0.3, -0.25) is 4.40 Å². The zero-order valence-electron chi connectivity index (χ0n) is 10.7. The highest BCUT2D eigenvalue weighted by molar-refractivity contribution is 5.63. The maximum Gasteiger partial charge on any atom is 0.163 e. The van der Waals surface area contributed by atoms with E-state index in [0.717, 1.165) is 28.7 Å². The molecule has 0 fully saturated rings. The molecule has 0 saturated carbocycles. The van der Waals surface area contributed by atoms with Crippen LogP contribution in [0.1, 0.15) is 0 Å². The van der Waals surface area contributed by atoms with Crippen LogP contribution in [0.5, 0.6) is 11.5 Å². The van der Waals surface area contributed by atoms with Crippen LogP contribution in [0.4, 0.5) is 11.5 Å². The molecule has 0 atom stereocenters. The smallest absolute Gasteiger partial charge is 0.163 e. The third kappa shape index (κ3) is 1.84. The minimum Gasteiger partial charge on any atom is -0.486 e. The van der Waals surface area contributed by atoms with Crippen molar-refractivity contribution in [2.24, 2.45) is 0 Å². The van der Waals surface area contributed by atoms with Gasteiger partial charge in [-0.2, -0.15) is 0 Å². The van der Waals surface area contributed by atoms with E-state index >= 15 is 0 Å². The summed E-state index contributed by atoms with van der Waals surface area (Å²) < 4.78 is 13.1. The summed E-state index contributed by atoms with van der Waals surface area (Å²) in [7, 11) is 0. The quantitative estimate of drug-likeness (QED) is 0.775. The molecule has 0 amide bonds. The third-order valence-electron chi connectivity index (χ3n) is 3.23. The number of nitrogens with one attached hydrogen (secondary N) is 1. The number of pyridine rings is 1. The van der Waals surface area contributed by atoms with Gasteiger partial charge in [0.15, 0.2) is 11.5 Å². The SMILES string of the molecule is c1ccn2c(Nc3ccc4c(c3)OCCO4)cnc2c1. The summed E-state index contributed by atoms with van der Waals surface area (Å²) in [4.78, 5) is 4.35. The topological polar surface area (TPSA) is 47.8 Å². The Kier molecular flexibility index (Phi) is 2.48. The monoisotopic (exact) mass is 267 g/mol. The molecule has 4 rings (SSSR count). The molecule has 0 saturated heterocycles. The van der Waals surface area contributed by atoms with Gasteiger partial charge in [-0.1, -0.05) is 6.07 Å². The van der Waals surface area contributed by atoms with Gasteiger partial charge >= 0.3 is 0 Å². The molecule has 0 aliphatic carbocycles. The number of hydrogen-bond acceptors (Lipinski definition) is 4. The van der Waals surface area contributed by atoms with Crippen molar-refractivity contribution in [3.8, 4) is 11.5 Å². The summed E-state index contributed by atoms with van der Waals surface area (Å²) >= 11 is 0. The molecule has 0 radical (unpaired) electrons. The lowest BCUT2D eigenvalue weighted by Gasteiger charge is -2.19. The Morgan fingerprint density at radius 1 is 1.05 bits per heavy atom. The molecule has 0 spiro atoms. The summed E-state index contributed by atoms with van der Waals surface area (Å²) in [6.07, 6.45) is 3.79. The second kappa shape index (κ2) is 4.45. The Morgan fingerprint density at radius 3 is 2.90 bits per heavy atom. The van der Waals surface area contributed by atoms with E-state index in [9.17, 15) is 0 Å². The number of ether oxygens (including phenoxy) is 2. The van der Waals surface area contributed by atoms with Crippen LogP contribution >= 0.6 is 0 Å². The fourth-order valence-corrected chi connectivity index (χ4v) is 2.29. The van der Waals surface area contributed by atoms with Crippen molar-refractivity contribution in [2.75, 3.05) is 18.5 Å². The Bertz CT molecular complexity index is 767. The highest BCUT2D eigenvalue weighted by Crippen LogP contribution is 2.33. The Labute approximate surface area is 115 Å². The molecule has 0 unspecified atom stereocenters. The maximum absolute atomic E-state index is 5.58. The Balaban J connectivity index is 1.68. The van der Waals surface area contributed by atoms with Crippen LogP contribution in [0, 0.1) is 0 Å². The fourth-order valence-electron chi connectivity index (χ4n) is 2.29. The molecule has 20 heavy (non-hydrogen) atoms. The first-order valence-corrected chi connectivity index (χ1v) is 6.49. The lowest BCUT2D eigenvalue weighted by molar-refractivity contribution is 0.171. The predicted octanol–water partition coefficient (Wildman–Crippen LogP) is 2.85. The minimum atomic E-state index is 0.589. The minimum absolute atomic E-state index is 0.589. The van der Waals surface area contributed by atoms with E-state index in [0.29, 0.717) is 13.2 Å². The molecule has 2 aromatic heterocycles. The molecule has 3 aromatic rings. The third-order valence-corrected chi connectivity index (χ3v) is 3.23. The number of aromatic nitrogens is 2. The van der Waals surface area contributed by atoms with Crippen molar-refractivity contribution in [3.63, 3.8) is 0 Å². The van der Waals surface area contributed by atoms with Crippen molar-refractivity contribution in [2.45, 2.75) is 0 Å². The summed E-state index contributed by atoms with van der Waals surface area (Å²) in [6.45, 7) is 1.19. The Morgan fingerprint density at radius 2 is 1.95 bits per heavy atom. The largest absolute Gasteiger partial charge is 0.486 e. The van der Waals surface area contributed by atoms with Gasteiger partial charge in [0.05, 0.1) is 6.20 Å². The van der Waals surface area contributed by atoms with Crippen molar-refractivity contribution < 1.29 is 9.47 Å². The van der Waals surface area contributed by atoms with Gasteiger partial charge < -0.3 is 14.8 Å². The first kappa shape index (κ1) is 11.2. The molecular weight excluding hydrogens is 254 g/mol. The molecule has 100 valence electrons. The highest BCUT2D eigenvalue weighted by Gasteiger charge is 2.12. The summed E-state index contributed by atoms with van der Waals surface area (Å²) in [5, 5.41) is 3.34. The molecule has 0 bridgehead atoms. The van der Waals surface area contributed by atoms with Crippen LogP contribution in [0.15, 0.2) is 48.8 Å². The molecule has 5 nitrogen and oxygen atoms in total. The standard InChI is InChI=1S/C15H13N3O2/c1-2-6-18-14(3-1)16-10-15(18)17-11-4-5-12-13(9-11)20-8-7-19-12/h1-6,9-10,17H,7-8H2. The van der Waals surface area contributed by atoms with Crippen LogP contribution in [0.25, 0.3) is 5.65 Å². The lowest BCUT2D eigenvalue weighted by Crippen LogP contribution is -2.15. The number of fused-ring (bicyclic) bond motifs is 2. The number of anilines is 2. The van der Waals surface area contributed by atoms with Gasteiger partial charge in [0, 0.05) is 18.0 Å². The predicted molar refractivity (Wildman–Crippen MR) is 75.9 cm³/mol.